The molecule has 1 amide bonds. The fourth-order valence-electron chi connectivity index (χ4n) is 1.76. The van der Waals surface area contributed by atoms with E-state index < -0.39 is 0 Å². The summed E-state index contributed by atoms with van der Waals surface area (Å²) in [6.07, 6.45) is 0. The Morgan fingerprint density at radius 3 is 2.47 bits per heavy atom. The van der Waals surface area contributed by atoms with Gasteiger partial charge in [0, 0.05) is 8.04 Å². The number of hydrogen-bond acceptors (Lipinski definition) is 1. The van der Waals surface area contributed by atoms with E-state index in [9.17, 15) is 4.79 Å². The van der Waals surface area contributed by atoms with Crippen molar-refractivity contribution in [1.29, 1.82) is 0 Å². The number of carbonyl (C=O) groups is 1. The largest absolute Gasteiger partial charge is 0.321 e. The predicted molar refractivity (Wildman–Crippen MR) is 90.7 cm³/mol. The van der Waals surface area contributed by atoms with Crippen molar-refractivity contribution in [3.8, 4) is 0 Å². The lowest BCUT2D eigenvalue weighted by molar-refractivity contribution is 0.102. The van der Waals surface area contributed by atoms with Crippen LogP contribution in [0.5, 0.6) is 0 Å². The number of rotatable bonds is 2. The lowest BCUT2D eigenvalue weighted by Gasteiger charge is -2.11. The molecule has 0 saturated heterocycles. The van der Waals surface area contributed by atoms with Crippen LogP contribution in [0.4, 0.5) is 5.69 Å². The molecule has 2 nitrogen and oxygen atoms in total. The Labute approximate surface area is 134 Å². The zero-order valence-corrected chi connectivity index (χ0v) is 14.4. The van der Waals surface area contributed by atoms with Gasteiger partial charge in [0.25, 0.3) is 5.91 Å². The van der Waals surface area contributed by atoms with E-state index in [0.717, 1.165) is 24.9 Å². The molecule has 0 atom stereocenters. The van der Waals surface area contributed by atoms with Crippen molar-refractivity contribution in [2.45, 2.75) is 13.8 Å². The Hall–Kier alpha value is -0.880. The van der Waals surface area contributed by atoms with Gasteiger partial charge in [0.05, 0.1) is 11.3 Å². The minimum atomic E-state index is -0.0839. The van der Waals surface area contributed by atoms with Crippen LogP contribution in [-0.2, 0) is 0 Å². The number of hydrogen-bond donors (Lipinski definition) is 1. The van der Waals surface area contributed by atoms with Gasteiger partial charge in [-0.05, 0) is 75.6 Å². The monoisotopic (exact) mass is 429 g/mol. The van der Waals surface area contributed by atoms with Crippen molar-refractivity contribution < 1.29 is 4.79 Å². The molecule has 0 aliphatic carbocycles. The number of halogens is 2. The summed E-state index contributed by atoms with van der Waals surface area (Å²) < 4.78 is 1.91. The molecule has 0 aromatic heterocycles. The van der Waals surface area contributed by atoms with Crippen LogP contribution < -0.4 is 5.32 Å². The van der Waals surface area contributed by atoms with Crippen molar-refractivity contribution in [2.24, 2.45) is 0 Å². The molecule has 0 heterocycles. The first kappa shape index (κ1) is 14.5. The average molecular weight is 430 g/mol. The highest BCUT2D eigenvalue weighted by Gasteiger charge is 2.13. The van der Waals surface area contributed by atoms with Gasteiger partial charge in [0.15, 0.2) is 0 Å². The van der Waals surface area contributed by atoms with Gasteiger partial charge in [-0.15, -0.1) is 0 Å². The van der Waals surface area contributed by atoms with Crippen molar-refractivity contribution >= 4 is 50.1 Å². The van der Waals surface area contributed by atoms with Crippen LogP contribution in [-0.4, -0.2) is 5.91 Å². The van der Waals surface area contributed by atoms with E-state index in [0.29, 0.717) is 5.56 Å². The molecule has 1 N–H and O–H groups in total. The first-order valence-corrected chi connectivity index (χ1v) is 7.69. The van der Waals surface area contributed by atoms with Gasteiger partial charge in [-0.2, -0.15) is 0 Å². The Kier molecular flexibility index (Phi) is 4.62. The second kappa shape index (κ2) is 6.05. The molecule has 0 radical (unpaired) electrons. The second-order valence-corrected chi connectivity index (χ2v) is 6.20. The summed E-state index contributed by atoms with van der Waals surface area (Å²) >= 11 is 5.70. The summed E-state index contributed by atoms with van der Waals surface area (Å²) in [4.78, 5) is 12.3. The molecule has 0 aliphatic rings. The molecule has 0 spiro atoms. The summed E-state index contributed by atoms with van der Waals surface area (Å²) in [6, 6.07) is 11.6. The molecule has 98 valence electrons. The number of anilines is 1. The second-order valence-electron chi connectivity index (χ2n) is 4.33. The standard InChI is InChI=1S/C15H13BrINO/c1-9-5-4-8-12(13(9)16)18-15(19)11-7-3-6-10(2)14(11)17/h3-8H,1-2H3,(H,18,19). The molecule has 0 unspecified atom stereocenters. The Balaban J connectivity index is 2.31. The van der Waals surface area contributed by atoms with Gasteiger partial charge in [-0.25, -0.2) is 0 Å². The van der Waals surface area contributed by atoms with Crippen molar-refractivity contribution in [3.05, 3.63) is 61.1 Å². The van der Waals surface area contributed by atoms with Crippen LogP contribution in [0, 0.1) is 17.4 Å². The first-order valence-electron chi connectivity index (χ1n) is 5.82. The van der Waals surface area contributed by atoms with Crippen LogP contribution >= 0.6 is 38.5 Å². The van der Waals surface area contributed by atoms with Crippen molar-refractivity contribution in [2.75, 3.05) is 5.32 Å². The van der Waals surface area contributed by atoms with E-state index >= 15 is 0 Å². The summed E-state index contributed by atoms with van der Waals surface area (Å²) in [7, 11) is 0. The summed E-state index contributed by atoms with van der Waals surface area (Å²) in [5.74, 6) is -0.0839. The molecule has 4 heteroatoms. The molecule has 0 bridgehead atoms. The van der Waals surface area contributed by atoms with E-state index in [-0.39, 0.29) is 5.91 Å². The van der Waals surface area contributed by atoms with Crippen LogP contribution in [0.25, 0.3) is 0 Å². The third-order valence-corrected chi connectivity index (χ3v) is 5.36. The quantitative estimate of drug-likeness (QED) is 0.674. The van der Waals surface area contributed by atoms with Crippen LogP contribution in [0.1, 0.15) is 21.5 Å². The predicted octanol–water partition coefficient (Wildman–Crippen LogP) is 4.92. The topological polar surface area (TPSA) is 29.1 Å². The summed E-state index contributed by atoms with van der Waals surface area (Å²) in [5.41, 5.74) is 3.70. The maximum Gasteiger partial charge on any atom is 0.256 e. The van der Waals surface area contributed by atoms with Gasteiger partial charge in [-0.3, -0.25) is 4.79 Å². The minimum absolute atomic E-state index is 0.0839. The molecule has 2 rings (SSSR count). The smallest absolute Gasteiger partial charge is 0.256 e. The highest BCUT2D eigenvalue weighted by atomic mass is 127. The average Bonchev–Trinajstić information content (AvgIpc) is 2.38. The Bertz CT molecular complexity index is 640. The van der Waals surface area contributed by atoms with Crippen molar-refractivity contribution in [1.82, 2.24) is 0 Å². The number of carbonyl (C=O) groups excluding carboxylic acids is 1. The number of amides is 1. The highest BCUT2D eigenvalue weighted by Crippen LogP contribution is 2.27. The zero-order chi connectivity index (χ0) is 14.0. The normalized spacial score (nSPS) is 10.3. The summed E-state index contributed by atoms with van der Waals surface area (Å²) in [5, 5.41) is 2.94. The molecule has 0 fully saturated rings. The van der Waals surface area contributed by atoms with Gasteiger partial charge in [-0.1, -0.05) is 24.3 Å². The van der Waals surface area contributed by atoms with Gasteiger partial charge < -0.3 is 5.32 Å². The first-order chi connectivity index (χ1) is 9.00. The van der Waals surface area contributed by atoms with E-state index in [1.807, 2.05) is 50.2 Å². The third-order valence-electron chi connectivity index (χ3n) is 2.88. The molecular formula is C15H13BrINO. The van der Waals surface area contributed by atoms with Gasteiger partial charge >= 0.3 is 0 Å². The van der Waals surface area contributed by atoms with Crippen molar-refractivity contribution in [3.63, 3.8) is 0 Å². The molecule has 2 aromatic rings. The van der Waals surface area contributed by atoms with Gasteiger partial charge in [0.2, 0.25) is 0 Å². The maximum atomic E-state index is 12.3. The fourth-order valence-corrected chi connectivity index (χ4v) is 2.72. The minimum Gasteiger partial charge on any atom is -0.321 e. The van der Waals surface area contributed by atoms with Crippen LogP contribution in [0.2, 0.25) is 0 Å². The van der Waals surface area contributed by atoms with E-state index in [2.05, 4.69) is 43.8 Å². The summed E-state index contributed by atoms with van der Waals surface area (Å²) in [6.45, 7) is 4.00. The molecule has 0 saturated carbocycles. The Morgan fingerprint density at radius 1 is 1.11 bits per heavy atom. The van der Waals surface area contributed by atoms with Crippen LogP contribution in [0.15, 0.2) is 40.9 Å². The van der Waals surface area contributed by atoms with Gasteiger partial charge in [0.1, 0.15) is 0 Å². The van der Waals surface area contributed by atoms with E-state index in [4.69, 9.17) is 0 Å². The van der Waals surface area contributed by atoms with Crippen LogP contribution in [0.3, 0.4) is 0 Å². The van der Waals surface area contributed by atoms with E-state index in [1.165, 1.54) is 0 Å². The van der Waals surface area contributed by atoms with E-state index in [1.54, 1.807) is 0 Å². The molecule has 0 aliphatic heterocycles. The lowest BCUT2D eigenvalue weighted by atomic mass is 10.1. The Morgan fingerprint density at radius 2 is 1.74 bits per heavy atom. The highest BCUT2D eigenvalue weighted by molar-refractivity contribution is 14.1. The third kappa shape index (κ3) is 3.17. The lowest BCUT2D eigenvalue weighted by Crippen LogP contribution is -2.14. The molecular weight excluding hydrogens is 417 g/mol. The molecule has 19 heavy (non-hydrogen) atoms. The SMILES string of the molecule is Cc1cccc(NC(=O)c2cccc(C)c2I)c1Br. The fraction of sp³-hybridized carbons (Fsp3) is 0.133. The number of nitrogens with one attached hydrogen (secondary N) is 1. The number of aryl methyl sites for hydroxylation is 2. The maximum absolute atomic E-state index is 12.3. The molecule has 2 aromatic carbocycles. The number of benzene rings is 2. The zero-order valence-electron chi connectivity index (χ0n) is 10.6.